The molecule has 0 aromatic carbocycles. The summed E-state index contributed by atoms with van der Waals surface area (Å²) >= 11 is 0. The lowest BCUT2D eigenvalue weighted by atomic mass is 10.8. The molecule has 0 atom stereocenters. The maximum Gasteiger partial charge on any atom is 0.125 e. The number of rotatable bonds is 0. The fourth-order valence-electron chi connectivity index (χ4n) is 0.219. The molecule has 0 amide bonds. The molecule has 0 fully saturated rings. The fourth-order valence-corrected chi connectivity index (χ4v) is 0.219. The van der Waals surface area contributed by atoms with E-state index in [4.69, 9.17) is 0 Å². The van der Waals surface area contributed by atoms with Crippen LogP contribution in [0.2, 0.25) is 0 Å². The summed E-state index contributed by atoms with van der Waals surface area (Å²) in [7, 11) is 0. The number of hydrogen-bond donors (Lipinski definition) is 0. The van der Waals surface area contributed by atoms with Crippen LogP contribution in [-0.4, -0.2) is 8.41 Å². The summed E-state index contributed by atoms with van der Waals surface area (Å²) in [5.41, 5.74) is 0. The van der Waals surface area contributed by atoms with Crippen LogP contribution < -0.4 is 0 Å². The van der Waals surface area contributed by atoms with Gasteiger partial charge in [-0.2, -0.15) is 0 Å². The van der Waals surface area contributed by atoms with E-state index in [1.54, 1.807) is 0 Å². The van der Waals surface area contributed by atoms with Crippen molar-refractivity contribution >= 4 is 8.41 Å². The summed E-state index contributed by atoms with van der Waals surface area (Å²) < 4.78 is 9.17. The zero-order chi connectivity index (χ0) is 4.24. The van der Waals surface area contributed by atoms with Gasteiger partial charge in [0.1, 0.15) is 25.0 Å². The Labute approximate surface area is 44.0 Å². The smallest absolute Gasteiger partial charge is 0.125 e. The second kappa shape index (κ2) is 3.34. The predicted molar refractivity (Wildman–Crippen MR) is 30.4 cm³/mol. The first-order valence-corrected chi connectivity index (χ1v) is 1.61. The van der Waals surface area contributed by atoms with E-state index in [1.807, 2.05) is 0 Å². The minimum atomic E-state index is 0. The predicted octanol–water partition coefficient (Wildman–Crippen LogP) is -0.208. The minimum absolute atomic E-state index is 0. The van der Waals surface area contributed by atoms with Crippen molar-refractivity contribution in [3.63, 3.8) is 0 Å². The molecule has 0 bridgehead atoms. The molecule has 0 N–H and O–H groups in total. The van der Waals surface area contributed by atoms with Gasteiger partial charge in [-0.25, -0.2) is 0 Å². The topological polar surface area (TPSA) is 18.5 Å². The second-order valence-corrected chi connectivity index (χ2v) is 0.816. The molecule has 0 aromatic heterocycles. The number of ether oxygens (including phenoxy) is 2. The van der Waals surface area contributed by atoms with Crippen molar-refractivity contribution in [2.45, 2.75) is 0 Å². The van der Waals surface area contributed by atoms with Crippen LogP contribution in [0.25, 0.3) is 0 Å². The Hall–Kier alpha value is -0.855. The molecule has 1 aliphatic rings. The highest BCUT2D eigenvalue weighted by Crippen LogP contribution is 1.89. The van der Waals surface area contributed by atoms with Crippen molar-refractivity contribution in [1.82, 2.24) is 0 Å². The van der Waals surface area contributed by atoms with E-state index >= 15 is 0 Å². The van der Waals surface area contributed by atoms with Gasteiger partial charge in [0.2, 0.25) is 0 Å². The molecule has 2 nitrogen and oxygen atoms in total. The molecule has 1 aliphatic heterocycles. The van der Waals surface area contributed by atoms with Gasteiger partial charge in [-0.05, 0) is 0 Å². The molecule has 0 aromatic rings. The van der Waals surface area contributed by atoms with E-state index in [9.17, 15) is 0 Å². The second-order valence-electron chi connectivity index (χ2n) is 0.816. The van der Waals surface area contributed by atoms with E-state index in [0.29, 0.717) is 0 Å². The monoisotopic (exact) mass is 98.1 g/mol. The molecule has 0 aliphatic carbocycles. The third kappa shape index (κ3) is 1.92. The summed E-state index contributed by atoms with van der Waals surface area (Å²) in [6.07, 6.45) is 5.83. The van der Waals surface area contributed by atoms with Crippen molar-refractivity contribution in [3.05, 3.63) is 25.0 Å². The molecule has 0 spiro atoms. The van der Waals surface area contributed by atoms with E-state index in [-0.39, 0.29) is 8.41 Å². The Kier molecular flexibility index (Phi) is 2.93. The van der Waals surface area contributed by atoms with E-state index in [0.717, 1.165) is 0 Å². The highest BCUT2D eigenvalue weighted by atomic mass is 16.5. The van der Waals surface area contributed by atoms with Crippen LogP contribution in [0.5, 0.6) is 0 Å². The van der Waals surface area contributed by atoms with Crippen molar-refractivity contribution in [2.75, 3.05) is 0 Å². The lowest BCUT2D eigenvalue weighted by Crippen LogP contribution is -1.74. The standard InChI is InChI=1S/C4H4O2.BH3/c1-2-6-4-3-5-1;/h1-4H;1H3. The third-order valence-corrected chi connectivity index (χ3v) is 0.425. The van der Waals surface area contributed by atoms with Gasteiger partial charge in [-0.15, -0.1) is 0 Å². The van der Waals surface area contributed by atoms with Crippen LogP contribution in [0.15, 0.2) is 25.0 Å². The summed E-state index contributed by atoms with van der Waals surface area (Å²) in [6, 6.07) is 0. The molecule has 38 valence electrons. The summed E-state index contributed by atoms with van der Waals surface area (Å²) in [4.78, 5) is 0. The van der Waals surface area contributed by atoms with Gasteiger partial charge in [0.15, 0.2) is 0 Å². The lowest BCUT2D eigenvalue weighted by Gasteiger charge is -1.94. The maximum absolute atomic E-state index is 4.58. The van der Waals surface area contributed by atoms with Gasteiger partial charge in [0, 0.05) is 0 Å². The van der Waals surface area contributed by atoms with Gasteiger partial charge in [-0.1, -0.05) is 0 Å². The Morgan fingerprint density at radius 1 is 0.714 bits per heavy atom. The highest BCUT2D eigenvalue weighted by molar-refractivity contribution is 5.75. The summed E-state index contributed by atoms with van der Waals surface area (Å²) in [5, 5.41) is 0. The van der Waals surface area contributed by atoms with Crippen molar-refractivity contribution in [2.24, 2.45) is 0 Å². The minimum Gasteiger partial charge on any atom is -0.466 e. The molecule has 7 heavy (non-hydrogen) atoms. The zero-order valence-electron chi connectivity index (χ0n) is 3.13. The van der Waals surface area contributed by atoms with Gasteiger partial charge in [0.25, 0.3) is 0 Å². The lowest BCUT2D eigenvalue weighted by molar-refractivity contribution is 0.290. The van der Waals surface area contributed by atoms with E-state index in [1.165, 1.54) is 25.0 Å². The molecule has 1 rings (SSSR count). The van der Waals surface area contributed by atoms with Crippen LogP contribution in [0.3, 0.4) is 0 Å². The fraction of sp³-hybridized carbons (Fsp3) is 0. The van der Waals surface area contributed by atoms with Crippen molar-refractivity contribution in [1.29, 1.82) is 0 Å². The molecule has 0 radical (unpaired) electrons. The van der Waals surface area contributed by atoms with Crippen molar-refractivity contribution < 1.29 is 9.47 Å². The summed E-state index contributed by atoms with van der Waals surface area (Å²) in [6.45, 7) is 0. The van der Waals surface area contributed by atoms with Crippen LogP contribution >= 0.6 is 0 Å². The first-order chi connectivity index (χ1) is 3.00. The van der Waals surface area contributed by atoms with Gasteiger partial charge in [0.05, 0.1) is 8.41 Å². The average Bonchev–Trinajstić information content (AvgIpc) is 1.72. The molecular formula is C4H7BO2. The quantitative estimate of drug-likeness (QED) is 0.390. The zero-order valence-corrected chi connectivity index (χ0v) is 3.13. The van der Waals surface area contributed by atoms with Gasteiger partial charge < -0.3 is 9.47 Å². The molecule has 0 saturated carbocycles. The molecular weight excluding hydrogens is 90.9 g/mol. The van der Waals surface area contributed by atoms with Gasteiger partial charge >= 0.3 is 0 Å². The third-order valence-electron chi connectivity index (χ3n) is 0.425. The van der Waals surface area contributed by atoms with Crippen molar-refractivity contribution in [3.8, 4) is 0 Å². The van der Waals surface area contributed by atoms with E-state index < -0.39 is 0 Å². The maximum atomic E-state index is 4.58. The SMILES string of the molecule is B.C1=COC=CO1. The largest absolute Gasteiger partial charge is 0.466 e. The first-order valence-electron chi connectivity index (χ1n) is 1.61. The van der Waals surface area contributed by atoms with E-state index in [2.05, 4.69) is 9.47 Å². The number of hydrogen-bond acceptors (Lipinski definition) is 2. The molecule has 1 heterocycles. The summed E-state index contributed by atoms with van der Waals surface area (Å²) in [5.74, 6) is 0. The van der Waals surface area contributed by atoms with Crippen LogP contribution in [0, 0.1) is 0 Å². The van der Waals surface area contributed by atoms with Gasteiger partial charge in [-0.3, -0.25) is 0 Å². The Morgan fingerprint density at radius 3 is 1.14 bits per heavy atom. The molecule has 0 saturated heterocycles. The Morgan fingerprint density at radius 2 is 1.00 bits per heavy atom. The first kappa shape index (κ1) is 6.14. The molecule has 0 unspecified atom stereocenters. The normalized spacial score (nSPS) is 13.7. The van der Waals surface area contributed by atoms with Crippen LogP contribution in [0.1, 0.15) is 0 Å². The van der Waals surface area contributed by atoms with Crippen LogP contribution in [-0.2, 0) is 9.47 Å². The molecule has 3 heteroatoms. The Bertz CT molecular complexity index is 67.7. The Balaban J connectivity index is 0.000000360. The highest BCUT2D eigenvalue weighted by Gasteiger charge is 1.74. The average molecular weight is 97.9 g/mol. The van der Waals surface area contributed by atoms with Crippen LogP contribution in [0.4, 0.5) is 0 Å².